The Labute approximate surface area is 155 Å². The van der Waals surface area contributed by atoms with E-state index in [1.54, 1.807) is 6.20 Å². The van der Waals surface area contributed by atoms with E-state index in [1.165, 1.54) is 0 Å². The second kappa shape index (κ2) is 6.08. The highest BCUT2D eigenvalue weighted by Gasteiger charge is 2.20. The lowest BCUT2D eigenvalue weighted by atomic mass is 10.1. The van der Waals surface area contributed by atoms with E-state index in [4.69, 9.17) is 5.73 Å². The number of fused-ring (bicyclic) bond motifs is 3. The SMILES string of the molecule is Nc1nc2cc(-c3cc[nH]n3)ccc2c2cn(CCN3CCCC3=O)nc12. The van der Waals surface area contributed by atoms with E-state index < -0.39 is 0 Å². The van der Waals surface area contributed by atoms with Crippen molar-refractivity contribution < 1.29 is 4.79 Å². The molecule has 8 heteroatoms. The van der Waals surface area contributed by atoms with Gasteiger partial charge in [0.1, 0.15) is 5.52 Å². The molecule has 0 atom stereocenters. The fraction of sp³-hybridized carbons (Fsp3) is 0.263. The third-order valence-electron chi connectivity index (χ3n) is 5.10. The lowest BCUT2D eigenvalue weighted by molar-refractivity contribution is -0.127. The van der Waals surface area contributed by atoms with E-state index in [2.05, 4.69) is 20.3 Å². The fourth-order valence-corrected chi connectivity index (χ4v) is 3.70. The number of H-pyrrole nitrogens is 1. The van der Waals surface area contributed by atoms with Crippen molar-refractivity contribution in [2.24, 2.45) is 0 Å². The average molecular weight is 361 g/mol. The molecule has 0 radical (unpaired) electrons. The van der Waals surface area contributed by atoms with Gasteiger partial charge in [0.25, 0.3) is 0 Å². The number of hydrogen-bond acceptors (Lipinski definition) is 5. The van der Waals surface area contributed by atoms with E-state index in [9.17, 15) is 4.79 Å². The molecule has 4 heterocycles. The van der Waals surface area contributed by atoms with Crippen molar-refractivity contribution in [1.82, 2.24) is 29.9 Å². The molecule has 1 amide bonds. The number of nitrogens with zero attached hydrogens (tertiary/aromatic N) is 5. The Morgan fingerprint density at radius 3 is 2.89 bits per heavy atom. The lowest BCUT2D eigenvalue weighted by Gasteiger charge is -2.14. The van der Waals surface area contributed by atoms with Gasteiger partial charge in [-0.15, -0.1) is 0 Å². The van der Waals surface area contributed by atoms with Gasteiger partial charge in [0.05, 0.1) is 17.8 Å². The van der Waals surface area contributed by atoms with Gasteiger partial charge >= 0.3 is 0 Å². The molecule has 4 aromatic rings. The van der Waals surface area contributed by atoms with Gasteiger partial charge in [-0.2, -0.15) is 10.2 Å². The maximum Gasteiger partial charge on any atom is 0.222 e. The van der Waals surface area contributed by atoms with Gasteiger partial charge in [-0.3, -0.25) is 14.6 Å². The van der Waals surface area contributed by atoms with E-state index >= 15 is 0 Å². The van der Waals surface area contributed by atoms with Crippen molar-refractivity contribution in [2.45, 2.75) is 19.4 Å². The molecular formula is C19H19N7O. The number of carbonyl (C=O) groups excluding carboxylic acids is 1. The normalized spacial score (nSPS) is 14.7. The summed E-state index contributed by atoms with van der Waals surface area (Å²) in [5.74, 6) is 0.636. The molecule has 0 spiro atoms. The second-order valence-electron chi connectivity index (χ2n) is 6.83. The first-order valence-electron chi connectivity index (χ1n) is 9.03. The number of hydrogen-bond donors (Lipinski definition) is 2. The summed E-state index contributed by atoms with van der Waals surface area (Å²) in [6.07, 6.45) is 5.38. The molecule has 27 heavy (non-hydrogen) atoms. The van der Waals surface area contributed by atoms with Crippen LogP contribution in [-0.2, 0) is 11.3 Å². The van der Waals surface area contributed by atoms with Crippen LogP contribution in [0.3, 0.4) is 0 Å². The van der Waals surface area contributed by atoms with Crippen LogP contribution in [0.2, 0.25) is 0 Å². The van der Waals surface area contributed by atoms with Gasteiger partial charge in [0, 0.05) is 48.2 Å². The molecule has 8 nitrogen and oxygen atoms in total. The molecule has 1 aliphatic heterocycles. The number of nitrogen functional groups attached to an aromatic ring is 1. The van der Waals surface area contributed by atoms with Crippen LogP contribution in [0.4, 0.5) is 5.82 Å². The summed E-state index contributed by atoms with van der Waals surface area (Å²) in [6, 6.07) is 7.96. The van der Waals surface area contributed by atoms with Crippen LogP contribution in [0.5, 0.6) is 0 Å². The first-order valence-corrected chi connectivity index (χ1v) is 9.03. The Kier molecular flexibility index (Phi) is 3.56. The summed E-state index contributed by atoms with van der Waals surface area (Å²) >= 11 is 0. The van der Waals surface area contributed by atoms with E-state index in [0.29, 0.717) is 30.8 Å². The molecule has 0 bridgehead atoms. The highest BCUT2D eigenvalue weighted by atomic mass is 16.2. The number of aromatic nitrogens is 5. The molecular weight excluding hydrogens is 342 g/mol. The molecule has 1 aromatic carbocycles. The highest BCUT2D eigenvalue weighted by Crippen LogP contribution is 2.30. The van der Waals surface area contributed by atoms with Gasteiger partial charge in [-0.25, -0.2) is 4.98 Å². The van der Waals surface area contributed by atoms with E-state index in [1.807, 2.05) is 40.0 Å². The van der Waals surface area contributed by atoms with Gasteiger partial charge < -0.3 is 10.6 Å². The van der Waals surface area contributed by atoms with Crippen LogP contribution >= 0.6 is 0 Å². The van der Waals surface area contributed by atoms with Gasteiger partial charge in [0.2, 0.25) is 5.91 Å². The first-order chi connectivity index (χ1) is 13.2. The van der Waals surface area contributed by atoms with Crippen LogP contribution in [0.15, 0.2) is 36.7 Å². The largest absolute Gasteiger partial charge is 0.382 e. The Bertz CT molecular complexity index is 1150. The third kappa shape index (κ3) is 2.69. The quantitative estimate of drug-likeness (QED) is 0.579. The number of anilines is 1. The summed E-state index contributed by atoms with van der Waals surface area (Å²) in [5, 5.41) is 13.6. The molecule has 5 rings (SSSR count). The molecule has 1 aliphatic rings. The van der Waals surface area contributed by atoms with E-state index in [-0.39, 0.29) is 5.91 Å². The number of nitrogens with one attached hydrogen (secondary N) is 1. The van der Waals surface area contributed by atoms with Gasteiger partial charge in [0.15, 0.2) is 5.82 Å². The van der Waals surface area contributed by atoms with Crippen molar-refractivity contribution >= 4 is 33.5 Å². The molecule has 1 fully saturated rings. The molecule has 3 aromatic heterocycles. The Morgan fingerprint density at radius 1 is 1.19 bits per heavy atom. The number of nitrogens with two attached hydrogens (primary N) is 1. The summed E-state index contributed by atoms with van der Waals surface area (Å²) in [6.45, 7) is 2.15. The Morgan fingerprint density at radius 2 is 2.11 bits per heavy atom. The zero-order chi connectivity index (χ0) is 18.4. The zero-order valence-electron chi connectivity index (χ0n) is 14.7. The number of aromatic amines is 1. The van der Waals surface area contributed by atoms with Crippen molar-refractivity contribution in [1.29, 1.82) is 0 Å². The van der Waals surface area contributed by atoms with Crippen molar-refractivity contribution in [3.8, 4) is 11.3 Å². The first kappa shape index (κ1) is 15.8. The molecule has 0 aliphatic carbocycles. The van der Waals surface area contributed by atoms with Crippen LogP contribution in [-0.4, -0.2) is 48.9 Å². The predicted octanol–water partition coefficient (Wildman–Crippen LogP) is 2.18. The minimum Gasteiger partial charge on any atom is -0.382 e. The number of likely N-dealkylation sites (tertiary alicyclic amines) is 1. The standard InChI is InChI=1S/C19H19N7O/c20-19-18-14(11-26(24-18)9-8-25-7-1-2-17(25)27)13-4-3-12(10-16(13)22-19)15-5-6-21-23-15/h3-6,10-11H,1-2,7-9H2,(H2,20,22)(H,21,23). The Balaban J connectivity index is 1.52. The summed E-state index contributed by atoms with van der Waals surface area (Å²) in [7, 11) is 0. The van der Waals surface area contributed by atoms with Crippen molar-refractivity contribution in [3.05, 3.63) is 36.7 Å². The fourth-order valence-electron chi connectivity index (χ4n) is 3.70. The maximum absolute atomic E-state index is 11.8. The van der Waals surface area contributed by atoms with Crippen molar-refractivity contribution in [3.63, 3.8) is 0 Å². The van der Waals surface area contributed by atoms with Crippen LogP contribution in [0.1, 0.15) is 12.8 Å². The molecule has 1 saturated heterocycles. The predicted molar refractivity (Wildman–Crippen MR) is 103 cm³/mol. The smallest absolute Gasteiger partial charge is 0.222 e. The second-order valence-corrected chi connectivity index (χ2v) is 6.83. The minimum absolute atomic E-state index is 0.226. The molecule has 0 saturated carbocycles. The summed E-state index contributed by atoms with van der Waals surface area (Å²) in [4.78, 5) is 18.2. The lowest BCUT2D eigenvalue weighted by Crippen LogP contribution is -2.28. The van der Waals surface area contributed by atoms with Crippen LogP contribution < -0.4 is 5.73 Å². The van der Waals surface area contributed by atoms with Gasteiger partial charge in [-0.1, -0.05) is 12.1 Å². The topological polar surface area (TPSA) is 106 Å². The van der Waals surface area contributed by atoms with Crippen molar-refractivity contribution in [2.75, 3.05) is 18.8 Å². The van der Waals surface area contributed by atoms with Crippen LogP contribution in [0, 0.1) is 0 Å². The summed E-state index contributed by atoms with van der Waals surface area (Å²) < 4.78 is 1.86. The number of rotatable bonds is 4. The number of pyridine rings is 1. The average Bonchev–Trinajstić information content (AvgIpc) is 3.41. The van der Waals surface area contributed by atoms with E-state index in [0.717, 1.165) is 40.5 Å². The monoisotopic (exact) mass is 361 g/mol. The van der Waals surface area contributed by atoms with Gasteiger partial charge in [-0.05, 0) is 18.6 Å². The third-order valence-corrected chi connectivity index (χ3v) is 5.10. The number of benzene rings is 1. The minimum atomic E-state index is 0.226. The number of carbonyl (C=O) groups is 1. The molecule has 0 unspecified atom stereocenters. The van der Waals surface area contributed by atoms with Crippen LogP contribution in [0.25, 0.3) is 33.1 Å². The zero-order valence-corrected chi connectivity index (χ0v) is 14.7. The molecule has 136 valence electrons. The summed E-state index contributed by atoms with van der Waals surface area (Å²) in [5.41, 5.74) is 9.53. The Hall–Kier alpha value is -3.42. The number of amides is 1. The maximum atomic E-state index is 11.8. The highest BCUT2D eigenvalue weighted by molar-refractivity contribution is 6.08. The molecule has 3 N–H and O–H groups in total.